The first-order valence-electron chi connectivity index (χ1n) is 5.84. The Bertz CT molecular complexity index is 657. The smallest absolute Gasteiger partial charge is 0.00674 e. The zero-order valence-corrected chi connectivity index (χ0v) is 9.03. The molecule has 0 unspecified atom stereocenters. The summed E-state index contributed by atoms with van der Waals surface area (Å²) in [5.41, 5.74) is 5.85. The minimum absolute atomic E-state index is 1.09. The van der Waals surface area contributed by atoms with Gasteiger partial charge >= 0.3 is 0 Å². The molecule has 0 nitrogen and oxygen atoms in total. The van der Waals surface area contributed by atoms with E-state index in [4.69, 9.17) is 0 Å². The highest BCUT2D eigenvalue weighted by Gasteiger charge is 2.15. The molecule has 0 radical (unpaired) electrons. The minimum Gasteiger partial charge on any atom is -0.0795 e. The van der Waals surface area contributed by atoms with Gasteiger partial charge in [0, 0.05) is 0 Å². The number of hydrogen-bond donors (Lipinski definition) is 0. The normalized spacial score (nSPS) is 15.8. The van der Waals surface area contributed by atoms with Crippen molar-refractivity contribution in [2.45, 2.75) is 12.8 Å². The highest BCUT2D eigenvalue weighted by Crippen LogP contribution is 2.35. The van der Waals surface area contributed by atoms with Crippen molar-refractivity contribution >= 4 is 22.9 Å². The molecule has 0 aromatic heterocycles. The quantitative estimate of drug-likeness (QED) is 0.609. The van der Waals surface area contributed by atoms with Crippen LogP contribution >= 0.6 is 0 Å². The molecular formula is C16H12. The predicted octanol–water partition coefficient (Wildman–Crippen LogP) is 3.98. The topological polar surface area (TPSA) is 0 Å². The summed E-state index contributed by atoms with van der Waals surface area (Å²) in [5, 5.41) is 2.86. The molecule has 0 saturated carbocycles. The first-order chi connectivity index (χ1) is 7.93. The fraction of sp³-hybridized carbons (Fsp3) is 0.125. The molecule has 0 bridgehead atoms. The highest BCUT2D eigenvalue weighted by atomic mass is 14.2. The molecule has 0 spiro atoms. The van der Waals surface area contributed by atoms with E-state index in [0.717, 1.165) is 12.8 Å². The van der Waals surface area contributed by atoms with E-state index in [-0.39, 0.29) is 0 Å². The summed E-state index contributed by atoms with van der Waals surface area (Å²) in [4.78, 5) is 0. The lowest BCUT2D eigenvalue weighted by molar-refractivity contribution is 1.30. The van der Waals surface area contributed by atoms with Crippen LogP contribution in [0.15, 0.2) is 36.4 Å². The van der Waals surface area contributed by atoms with Crippen LogP contribution in [0.2, 0.25) is 0 Å². The number of rotatable bonds is 0. The molecule has 0 saturated heterocycles. The predicted molar refractivity (Wildman–Crippen MR) is 69.4 cm³/mol. The number of fused-ring (bicyclic) bond motifs is 5. The van der Waals surface area contributed by atoms with Crippen molar-refractivity contribution in [2.24, 2.45) is 0 Å². The van der Waals surface area contributed by atoms with Gasteiger partial charge in [-0.3, -0.25) is 0 Å². The summed E-state index contributed by atoms with van der Waals surface area (Å²) in [6.07, 6.45) is 11.3. The average molecular weight is 204 g/mol. The van der Waals surface area contributed by atoms with Crippen LogP contribution < -0.4 is 0 Å². The number of benzene rings is 2. The summed E-state index contributed by atoms with van der Waals surface area (Å²) >= 11 is 0. The molecule has 0 N–H and O–H groups in total. The van der Waals surface area contributed by atoms with E-state index in [1.165, 1.54) is 33.0 Å². The maximum atomic E-state index is 2.29. The maximum absolute atomic E-state index is 2.29. The first-order valence-corrected chi connectivity index (χ1v) is 5.84. The van der Waals surface area contributed by atoms with E-state index in [1.807, 2.05) is 0 Å². The molecule has 0 heteroatoms. The standard InChI is InChI=1S/C16H12/c1-3-11-7-9-13-10-8-12-4-2-6-15(12)16(13)14(11)5-1/h1-3,6-10H,4-5H2. The zero-order valence-electron chi connectivity index (χ0n) is 9.03. The fourth-order valence-corrected chi connectivity index (χ4v) is 2.93. The molecule has 0 amide bonds. The number of hydrogen-bond acceptors (Lipinski definition) is 0. The van der Waals surface area contributed by atoms with Crippen molar-refractivity contribution in [1.29, 1.82) is 0 Å². The molecule has 16 heavy (non-hydrogen) atoms. The summed E-state index contributed by atoms with van der Waals surface area (Å²) in [6.45, 7) is 0. The van der Waals surface area contributed by atoms with Crippen molar-refractivity contribution in [3.8, 4) is 0 Å². The average Bonchev–Trinajstić information content (AvgIpc) is 2.96. The highest BCUT2D eigenvalue weighted by molar-refractivity contribution is 5.98. The molecule has 4 rings (SSSR count). The zero-order chi connectivity index (χ0) is 10.5. The van der Waals surface area contributed by atoms with Gasteiger partial charge in [0.25, 0.3) is 0 Å². The van der Waals surface area contributed by atoms with E-state index < -0.39 is 0 Å². The Morgan fingerprint density at radius 2 is 1.69 bits per heavy atom. The second-order valence-corrected chi connectivity index (χ2v) is 4.58. The largest absolute Gasteiger partial charge is 0.0795 e. The molecule has 0 heterocycles. The second kappa shape index (κ2) is 2.85. The molecule has 0 fully saturated rings. The Kier molecular flexibility index (Phi) is 1.49. The van der Waals surface area contributed by atoms with Crippen LogP contribution in [-0.4, -0.2) is 0 Å². The fourth-order valence-electron chi connectivity index (χ4n) is 2.93. The van der Waals surface area contributed by atoms with Crippen molar-refractivity contribution in [3.63, 3.8) is 0 Å². The maximum Gasteiger partial charge on any atom is -0.00674 e. The molecule has 2 aromatic carbocycles. The Morgan fingerprint density at radius 3 is 2.69 bits per heavy atom. The molecule has 0 atom stereocenters. The van der Waals surface area contributed by atoms with Gasteiger partial charge in [0.15, 0.2) is 0 Å². The van der Waals surface area contributed by atoms with Gasteiger partial charge in [-0.15, -0.1) is 0 Å². The van der Waals surface area contributed by atoms with Crippen LogP contribution in [-0.2, 0) is 12.8 Å². The first kappa shape index (κ1) is 8.35. The lowest BCUT2D eigenvalue weighted by Gasteiger charge is -2.10. The molecule has 2 aliphatic carbocycles. The number of allylic oxidation sites excluding steroid dienone is 2. The van der Waals surface area contributed by atoms with E-state index in [1.54, 1.807) is 0 Å². The summed E-state index contributed by atoms with van der Waals surface area (Å²) < 4.78 is 0. The van der Waals surface area contributed by atoms with Gasteiger partial charge in [-0.2, -0.15) is 0 Å². The van der Waals surface area contributed by atoms with Gasteiger partial charge in [-0.25, -0.2) is 0 Å². The van der Waals surface area contributed by atoms with Crippen LogP contribution in [0.5, 0.6) is 0 Å². The van der Waals surface area contributed by atoms with Crippen LogP contribution in [0, 0.1) is 0 Å². The van der Waals surface area contributed by atoms with Crippen molar-refractivity contribution in [1.82, 2.24) is 0 Å². The third kappa shape index (κ3) is 0.943. The second-order valence-electron chi connectivity index (χ2n) is 4.58. The lowest BCUT2D eigenvalue weighted by atomic mass is 9.94. The Hall–Kier alpha value is -1.82. The van der Waals surface area contributed by atoms with Crippen LogP contribution in [0.25, 0.3) is 22.9 Å². The molecular weight excluding hydrogens is 192 g/mol. The monoisotopic (exact) mass is 204 g/mol. The van der Waals surface area contributed by atoms with E-state index in [2.05, 4.69) is 48.6 Å². The van der Waals surface area contributed by atoms with Crippen molar-refractivity contribution in [3.05, 3.63) is 58.7 Å². The van der Waals surface area contributed by atoms with E-state index >= 15 is 0 Å². The van der Waals surface area contributed by atoms with E-state index in [0.29, 0.717) is 0 Å². The van der Waals surface area contributed by atoms with Gasteiger partial charge in [0.1, 0.15) is 0 Å². The minimum atomic E-state index is 1.09. The SMILES string of the molecule is C1=Cc2c(ccc3ccc4c(c23)CC=C4)C1. The summed E-state index contributed by atoms with van der Waals surface area (Å²) in [5.74, 6) is 0. The summed E-state index contributed by atoms with van der Waals surface area (Å²) in [7, 11) is 0. The van der Waals surface area contributed by atoms with Gasteiger partial charge in [-0.05, 0) is 45.9 Å². The molecule has 2 aromatic rings. The van der Waals surface area contributed by atoms with Gasteiger partial charge in [0.05, 0.1) is 0 Å². The van der Waals surface area contributed by atoms with Crippen LogP contribution in [0.1, 0.15) is 22.3 Å². The summed E-state index contributed by atoms with van der Waals surface area (Å²) in [6, 6.07) is 9.02. The third-order valence-electron chi connectivity index (χ3n) is 3.70. The lowest BCUT2D eigenvalue weighted by Crippen LogP contribution is -1.90. The molecule has 76 valence electrons. The van der Waals surface area contributed by atoms with Gasteiger partial charge in [-0.1, -0.05) is 48.6 Å². The van der Waals surface area contributed by atoms with Crippen LogP contribution in [0.4, 0.5) is 0 Å². The Labute approximate surface area is 94.9 Å². The van der Waals surface area contributed by atoms with E-state index in [9.17, 15) is 0 Å². The van der Waals surface area contributed by atoms with Gasteiger partial charge in [0.2, 0.25) is 0 Å². The van der Waals surface area contributed by atoms with Crippen molar-refractivity contribution < 1.29 is 0 Å². The Morgan fingerprint density at radius 1 is 0.812 bits per heavy atom. The molecule has 0 aliphatic heterocycles. The van der Waals surface area contributed by atoms with Gasteiger partial charge < -0.3 is 0 Å². The Balaban J connectivity index is 2.21. The van der Waals surface area contributed by atoms with Crippen LogP contribution in [0.3, 0.4) is 0 Å². The van der Waals surface area contributed by atoms with Crippen molar-refractivity contribution in [2.75, 3.05) is 0 Å². The molecule has 2 aliphatic rings. The third-order valence-corrected chi connectivity index (χ3v) is 3.70.